The van der Waals surface area contributed by atoms with E-state index in [2.05, 4.69) is 10.2 Å². The molecule has 3 aromatic rings. The Balaban J connectivity index is 1.79. The van der Waals surface area contributed by atoms with Crippen LogP contribution in [0.1, 0.15) is 17.7 Å². The zero-order chi connectivity index (χ0) is 17.8. The summed E-state index contributed by atoms with van der Waals surface area (Å²) >= 11 is 1.41. The molecule has 3 rings (SSSR count). The molecule has 130 valence electrons. The molecule has 7 heteroatoms. The standard InChI is InChI=1S/C18H17FN2O3S/c1-11(12-4-6-14(19)7-5-12)25-18-21-20-17(24-18)13-8-15(22-2)10-16(9-13)23-3/h4-11H,1-3H3/t11-/m0/s1. The lowest BCUT2D eigenvalue weighted by molar-refractivity contribution is 0.394. The van der Waals surface area contributed by atoms with Gasteiger partial charge < -0.3 is 13.9 Å². The van der Waals surface area contributed by atoms with Crippen molar-refractivity contribution in [3.63, 3.8) is 0 Å². The van der Waals surface area contributed by atoms with Gasteiger partial charge in [-0.15, -0.1) is 10.2 Å². The monoisotopic (exact) mass is 360 g/mol. The van der Waals surface area contributed by atoms with E-state index in [0.717, 1.165) is 5.56 Å². The van der Waals surface area contributed by atoms with Gasteiger partial charge >= 0.3 is 0 Å². The van der Waals surface area contributed by atoms with E-state index in [0.29, 0.717) is 28.2 Å². The summed E-state index contributed by atoms with van der Waals surface area (Å²) in [6.07, 6.45) is 0. The van der Waals surface area contributed by atoms with Gasteiger partial charge in [0.05, 0.1) is 14.2 Å². The Hall–Kier alpha value is -2.54. The topological polar surface area (TPSA) is 57.4 Å². The van der Waals surface area contributed by atoms with Crippen LogP contribution in [0.25, 0.3) is 11.5 Å². The molecule has 0 bridgehead atoms. The molecule has 2 aromatic carbocycles. The van der Waals surface area contributed by atoms with Crippen LogP contribution in [0.15, 0.2) is 52.1 Å². The Bertz CT molecular complexity index is 830. The van der Waals surface area contributed by atoms with Crippen molar-refractivity contribution in [3.8, 4) is 23.0 Å². The molecule has 0 unspecified atom stereocenters. The summed E-state index contributed by atoms with van der Waals surface area (Å²) in [6.45, 7) is 2.00. The molecule has 0 fully saturated rings. The highest BCUT2D eigenvalue weighted by Gasteiger charge is 2.15. The van der Waals surface area contributed by atoms with Gasteiger partial charge in [0.1, 0.15) is 17.3 Å². The number of halogens is 1. The van der Waals surface area contributed by atoms with Crippen molar-refractivity contribution in [1.82, 2.24) is 10.2 Å². The lowest BCUT2D eigenvalue weighted by Gasteiger charge is -2.08. The lowest BCUT2D eigenvalue weighted by Crippen LogP contribution is -1.89. The smallest absolute Gasteiger partial charge is 0.277 e. The number of aromatic nitrogens is 2. The predicted molar refractivity (Wildman–Crippen MR) is 93.5 cm³/mol. The highest BCUT2D eigenvalue weighted by atomic mass is 32.2. The van der Waals surface area contributed by atoms with Crippen molar-refractivity contribution in [1.29, 1.82) is 0 Å². The second kappa shape index (κ2) is 7.57. The first-order chi connectivity index (χ1) is 12.1. The summed E-state index contributed by atoms with van der Waals surface area (Å²) in [6, 6.07) is 11.7. The molecule has 1 aromatic heterocycles. The minimum absolute atomic E-state index is 0.0498. The third-order valence-corrected chi connectivity index (χ3v) is 4.61. The third-order valence-electron chi connectivity index (χ3n) is 3.62. The molecule has 0 aliphatic carbocycles. The second-order valence-electron chi connectivity index (χ2n) is 5.29. The molecule has 1 atom stereocenters. The first-order valence-electron chi connectivity index (χ1n) is 7.58. The van der Waals surface area contributed by atoms with E-state index < -0.39 is 0 Å². The molecule has 0 N–H and O–H groups in total. The van der Waals surface area contributed by atoms with Crippen molar-refractivity contribution < 1.29 is 18.3 Å². The van der Waals surface area contributed by atoms with Gasteiger partial charge in [0.2, 0.25) is 5.89 Å². The van der Waals surface area contributed by atoms with Gasteiger partial charge in [0, 0.05) is 16.9 Å². The quantitative estimate of drug-likeness (QED) is 0.592. The fraction of sp³-hybridized carbons (Fsp3) is 0.222. The highest BCUT2D eigenvalue weighted by molar-refractivity contribution is 7.99. The fourth-order valence-corrected chi connectivity index (χ4v) is 3.07. The van der Waals surface area contributed by atoms with Gasteiger partial charge in [0.15, 0.2) is 0 Å². The normalized spacial score (nSPS) is 12.0. The SMILES string of the molecule is COc1cc(OC)cc(-c2nnc(S[C@@H](C)c3ccc(F)cc3)o2)c1. The summed E-state index contributed by atoms with van der Waals surface area (Å²) in [5, 5.41) is 8.65. The minimum atomic E-state index is -0.256. The van der Waals surface area contributed by atoms with Gasteiger partial charge in [-0.05, 0) is 36.8 Å². The average molecular weight is 360 g/mol. The van der Waals surface area contributed by atoms with Crippen LogP contribution in [0.4, 0.5) is 4.39 Å². The number of hydrogen-bond acceptors (Lipinski definition) is 6. The minimum Gasteiger partial charge on any atom is -0.497 e. The van der Waals surface area contributed by atoms with E-state index in [1.165, 1.54) is 23.9 Å². The van der Waals surface area contributed by atoms with Crippen LogP contribution in [0.2, 0.25) is 0 Å². The van der Waals surface area contributed by atoms with Crippen LogP contribution < -0.4 is 9.47 Å². The van der Waals surface area contributed by atoms with Crippen LogP contribution in [0.3, 0.4) is 0 Å². The van der Waals surface area contributed by atoms with E-state index in [1.807, 2.05) is 6.92 Å². The number of nitrogens with zero attached hydrogens (tertiary/aromatic N) is 2. The highest BCUT2D eigenvalue weighted by Crippen LogP contribution is 2.36. The Morgan fingerprint density at radius 3 is 2.24 bits per heavy atom. The van der Waals surface area contributed by atoms with E-state index in [-0.39, 0.29) is 11.1 Å². The molecule has 0 radical (unpaired) electrons. The third kappa shape index (κ3) is 4.11. The van der Waals surface area contributed by atoms with Gasteiger partial charge in [-0.1, -0.05) is 23.9 Å². The van der Waals surface area contributed by atoms with Gasteiger partial charge in [-0.25, -0.2) is 4.39 Å². The van der Waals surface area contributed by atoms with E-state index in [4.69, 9.17) is 13.9 Å². The van der Waals surface area contributed by atoms with Gasteiger partial charge in [-0.2, -0.15) is 0 Å². The fourth-order valence-electron chi connectivity index (χ4n) is 2.26. The largest absolute Gasteiger partial charge is 0.497 e. The zero-order valence-corrected chi connectivity index (χ0v) is 14.8. The molecular weight excluding hydrogens is 343 g/mol. The van der Waals surface area contributed by atoms with Gasteiger partial charge in [0.25, 0.3) is 5.22 Å². The van der Waals surface area contributed by atoms with E-state index in [9.17, 15) is 4.39 Å². The Morgan fingerprint density at radius 2 is 1.64 bits per heavy atom. The molecular formula is C18H17FN2O3S. The predicted octanol–water partition coefficient (Wildman–Crippen LogP) is 4.75. The van der Waals surface area contributed by atoms with Gasteiger partial charge in [-0.3, -0.25) is 0 Å². The Labute approximate surface area is 149 Å². The van der Waals surface area contributed by atoms with Crippen molar-refractivity contribution in [2.45, 2.75) is 17.4 Å². The lowest BCUT2D eigenvalue weighted by atomic mass is 10.2. The van der Waals surface area contributed by atoms with E-state index >= 15 is 0 Å². The van der Waals surface area contributed by atoms with Crippen molar-refractivity contribution in [3.05, 3.63) is 53.8 Å². The molecule has 0 aliphatic heterocycles. The van der Waals surface area contributed by atoms with Crippen molar-refractivity contribution in [2.75, 3.05) is 14.2 Å². The summed E-state index contributed by atoms with van der Waals surface area (Å²) in [4.78, 5) is 0. The second-order valence-corrected chi connectivity index (χ2v) is 6.58. The molecule has 0 saturated heterocycles. The first kappa shape index (κ1) is 17.3. The molecule has 5 nitrogen and oxygen atoms in total. The van der Waals surface area contributed by atoms with Crippen LogP contribution in [0, 0.1) is 5.82 Å². The number of thioether (sulfide) groups is 1. The summed E-state index contributed by atoms with van der Waals surface area (Å²) in [5.74, 6) is 1.40. The van der Waals surface area contributed by atoms with Crippen molar-refractivity contribution in [2.24, 2.45) is 0 Å². The number of methoxy groups -OCH3 is 2. The van der Waals surface area contributed by atoms with Crippen LogP contribution in [-0.2, 0) is 0 Å². The maximum atomic E-state index is 13.0. The Morgan fingerprint density at radius 1 is 1.00 bits per heavy atom. The molecule has 1 heterocycles. The maximum Gasteiger partial charge on any atom is 0.277 e. The molecule has 0 amide bonds. The molecule has 0 saturated carbocycles. The summed E-state index contributed by atoms with van der Waals surface area (Å²) < 4.78 is 29.3. The number of ether oxygens (including phenoxy) is 2. The molecule has 25 heavy (non-hydrogen) atoms. The first-order valence-corrected chi connectivity index (χ1v) is 8.46. The van der Waals surface area contributed by atoms with Crippen LogP contribution in [-0.4, -0.2) is 24.4 Å². The molecule has 0 aliphatic rings. The summed E-state index contributed by atoms with van der Waals surface area (Å²) in [7, 11) is 3.16. The number of benzene rings is 2. The summed E-state index contributed by atoms with van der Waals surface area (Å²) in [5.41, 5.74) is 1.69. The van der Waals surface area contributed by atoms with E-state index in [1.54, 1.807) is 44.6 Å². The molecule has 0 spiro atoms. The number of hydrogen-bond donors (Lipinski definition) is 0. The Kier molecular flexibility index (Phi) is 5.23. The van der Waals surface area contributed by atoms with Crippen molar-refractivity contribution >= 4 is 11.8 Å². The zero-order valence-electron chi connectivity index (χ0n) is 14.0. The maximum absolute atomic E-state index is 13.0. The number of rotatable bonds is 6. The van der Waals surface area contributed by atoms with Crippen LogP contribution in [0.5, 0.6) is 11.5 Å². The van der Waals surface area contributed by atoms with Crippen LogP contribution >= 0.6 is 11.8 Å². The average Bonchev–Trinajstić information content (AvgIpc) is 3.10.